The van der Waals surface area contributed by atoms with E-state index in [9.17, 15) is 8.78 Å². The highest BCUT2D eigenvalue weighted by Gasteiger charge is 2.32. The van der Waals surface area contributed by atoms with E-state index < -0.39 is 12.3 Å². The molecule has 2 unspecified atom stereocenters. The SMILES string of the molecule is CC=NC(C)CN=C(C=C(C)C)C1CC[C@@H](C(F)F)C1. The van der Waals surface area contributed by atoms with Crippen molar-refractivity contribution in [2.24, 2.45) is 21.8 Å². The molecule has 1 rings (SSSR count). The van der Waals surface area contributed by atoms with E-state index in [1.165, 1.54) is 0 Å². The summed E-state index contributed by atoms with van der Waals surface area (Å²) in [6.45, 7) is 8.56. The molecule has 0 radical (unpaired) electrons. The summed E-state index contributed by atoms with van der Waals surface area (Å²) in [6.07, 6.45) is 3.62. The van der Waals surface area contributed by atoms with Gasteiger partial charge in [-0.15, -0.1) is 0 Å². The number of alkyl halides is 2. The Morgan fingerprint density at radius 1 is 1.30 bits per heavy atom. The van der Waals surface area contributed by atoms with Crippen LogP contribution < -0.4 is 0 Å². The Balaban J connectivity index is 2.75. The average molecular weight is 284 g/mol. The quantitative estimate of drug-likeness (QED) is 0.639. The minimum Gasteiger partial charge on any atom is -0.293 e. The van der Waals surface area contributed by atoms with Crippen LogP contribution in [0.2, 0.25) is 0 Å². The molecule has 0 aromatic rings. The Hall–Kier alpha value is -1.06. The summed E-state index contributed by atoms with van der Waals surface area (Å²) in [5, 5.41) is 0. The average Bonchev–Trinajstić information content (AvgIpc) is 2.84. The van der Waals surface area contributed by atoms with Crippen LogP contribution in [0.5, 0.6) is 0 Å². The maximum absolute atomic E-state index is 12.8. The first-order chi connectivity index (χ1) is 9.43. The van der Waals surface area contributed by atoms with Crippen molar-refractivity contribution in [1.82, 2.24) is 0 Å². The number of nitrogens with zero attached hydrogens (tertiary/aromatic N) is 2. The summed E-state index contributed by atoms with van der Waals surface area (Å²) in [6, 6.07) is 0.146. The van der Waals surface area contributed by atoms with Crippen LogP contribution in [-0.4, -0.2) is 30.9 Å². The lowest BCUT2D eigenvalue weighted by atomic mass is 9.98. The minimum absolute atomic E-state index is 0.146. The third-order valence-electron chi connectivity index (χ3n) is 3.63. The van der Waals surface area contributed by atoms with E-state index in [0.29, 0.717) is 19.4 Å². The molecule has 4 heteroatoms. The van der Waals surface area contributed by atoms with Crippen LogP contribution in [0.25, 0.3) is 0 Å². The molecule has 1 aliphatic rings. The van der Waals surface area contributed by atoms with E-state index in [0.717, 1.165) is 17.7 Å². The van der Waals surface area contributed by atoms with Gasteiger partial charge in [-0.2, -0.15) is 0 Å². The molecule has 0 spiro atoms. The zero-order valence-corrected chi connectivity index (χ0v) is 12.9. The lowest BCUT2D eigenvalue weighted by Gasteiger charge is -2.13. The predicted octanol–water partition coefficient (Wildman–Crippen LogP) is 4.55. The van der Waals surface area contributed by atoms with Crippen LogP contribution in [0.3, 0.4) is 0 Å². The fourth-order valence-electron chi connectivity index (χ4n) is 2.64. The summed E-state index contributed by atoms with van der Waals surface area (Å²) < 4.78 is 25.6. The van der Waals surface area contributed by atoms with Gasteiger partial charge in [0, 0.05) is 17.5 Å². The van der Waals surface area contributed by atoms with E-state index in [1.54, 1.807) is 6.21 Å². The van der Waals surface area contributed by atoms with Crippen LogP contribution in [0.15, 0.2) is 21.6 Å². The lowest BCUT2D eigenvalue weighted by Crippen LogP contribution is -2.15. The molecule has 1 saturated carbocycles. The zero-order valence-electron chi connectivity index (χ0n) is 12.9. The molecule has 2 nitrogen and oxygen atoms in total. The van der Waals surface area contributed by atoms with Gasteiger partial charge in [0.15, 0.2) is 0 Å². The molecular formula is C16H26F2N2. The number of allylic oxidation sites excluding steroid dienone is 2. The second-order valence-corrected chi connectivity index (χ2v) is 5.85. The molecule has 0 aliphatic heterocycles. The molecule has 0 aromatic heterocycles. The summed E-state index contributed by atoms with van der Waals surface area (Å²) in [5.74, 6) is -0.274. The minimum atomic E-state index is -2.20. The van der Waals surface area contributed by atoms with Crippen molar-refractivity contribution in [2.45, 2.75) is 59.4 Å². The van der Waals surface area contributed by atoms with Gasteiger partial charge in [-0.25, -0.2) is 8.78 Å². The van der Waals surface area contributed by atoms with Gasteiger partial charge in [0.1, 0.15) is 0 Å². The standard InChI is InChI=1S/C16H26F2N2/c1-5-19-12(4)10-20-15(8-11(2)3)13-6-7-14(9-13)16(17)18/h5,8,12-14,16H,6-7,9-10H2,1-4H3/t12?,13?,14-/m1/s1. The first-order valence-corrected chi connectivity index (χ1v) is 7.39. The summed E-state index contributed by atoms with van der Waals surface area (Å²) in [4.78, 5) is 8.91. The zero-order chi connectivity index (χ0) is 15.1. The summed E-state index contributed by atoms with van der Waals surface area (Å²) in [7, 11) is 0. The highest BCUT2D eigenvalue weighted by atomic mass is 19.3. The van der Waals surface area contributed by atoms with E-state index in [1.807, 2.05) is 33.8 Å². The summed E-state index contributed by atoms with van der Waals surface area (Å²) in [5.41, 5.74) is 2.14. The van der Waals surface area contributed by atoms with Gasteiger partial charge in [0.2, 0.25) is 6.43 Å². The van der Waals surface area contributed by atoms with E-state index in [2.05, 4.69) is 9.98 Å². The molecule has 0 saturated heterocycles. The van der Waals surface area contributed by atoms with Gasteiger partial charge >= 0.3 is 0 Å². The molecule has 0 aromatic carbocycles. The molecular weight excluding hydrogens is 258 g/mol. The Kier molecular flexibility index (Phi) is 7.03. The van der Waals surface area contributed by atoms with Crippen LogP contribution in [0.1, 0.15) is 47.0 Å². The number of aliphatic imine (C=N–C) groups is 2. The molecule has 0 amide bonds. The Morgan fingerprint density at radius 2 is 2.00 bits per heavy atom. The second-order valence-electron chi connectivity index (χ2n) is 5.85. The van der Waals surface area contributed by atoms with Crippen LogP contribution in [0, 0.1) is 11.8 Å². The Bertz CT molecular complexity index is 382. The van der Waals surface area contributed by atoms with Gasteiger partial charge < -0.3 is 0 Å². The molecule has 20 heavy (non-hydrogen) atoms. The van der Waals surface area contributed by atoms with Gasteiger partial charge in [-0.3, -0.25) is 9.98 Å². The molecule has 0 bridgehead atoms. The third-order valence-corrected chi connectivity index (χ3v) is 3.63. The predicted molar refractivity (Wildman–Crippen MR) is 82.2 cm³/mol. The maximum Gasteiger partial charge on any atom is 0.241 e. The third kappa shape index (κ3) is 5.51. The van der Waals surface area contributed by atoms with Crippen LogP contribution in [-0.2, 0) is 0 Å². The lowest BCUT2D eigenvalue weighted by molar-refractivity contribution is 0.0797. The van der Waals surface area contributed by atoms with Crippen molar-refractivity contribution >= 4 is 11.9 Å². The van der Waals surface area contributed by atoms with Gasteiger partial charge in [-0.05, 0) is 59.2 Å². The van der Waals surface area contributed by atoms with Crippen molar-refractivity contribution in [3.8, 4) is 0 Å². The van der Waals surface area contributed by atoms with Gasteiger partial charge in [0.05, 0.1) is 12.6 Å². The molecule has 1 fully saturated rings. The molecule has 3 atom stereocenters. The number of hydrogen-bond acceptors (Lipinski definition) is 2. The Morgan fingerprint density at radius 3 is 2.50 bits per heavy atom. The van der Waals surface area contributed by atoms with Crippen molar-refractivity contribution < 1.29 is 8.78 Å². The largest absolute Gasteiger partial charge is 0.293 e. The fraction of sp³-hybridized carbons (Fsp3) is 0.750. The number of rotatable bonds is 6. The number of hydrogen-bond donors (Lipinski definition) is 0. The fourth-order valence-corrected chi connectivity index (χ4v) is 2.64. The first-order valence-electron chi connectivity index (χ1n) is 7.39. The van der Waals surface area contributed by atoms with Crippen molar-refractivity contribution in [2.75, 3.05) is 6.54 Å². The topological polar surface area (TPSA) is 24.7 Å². The first kappa shape index (κ1) is 17.0. The molecule has 0 heterocycles. The molecule has 0 N–H and O–H groups in total. The van der Waals surface area contributed by atoms with Crippen LogP contribution in [0.4, 0.5) is 8.78 Å². The number of halogens is 2. The Labute approximate surface area is 121 Å². The van der Waals surface area contributed by atoms with Gasteiger partial charge in [-0.1, -0.05) is 5.57 Å². The second kappa shape index (κ2) is 8.28. The summed E-state index contributed by atoms with van der Waals surface area (Å²) >= 11 is 0. The van der Waals surface area contributed by atoms with Crippen molar-refractivity contribution in [3.63, 3.8) is 0 Å². The maximum atomic E-state index is 12.8. The molecule has 1 aliphatic carbocycles. The van der Waals surface area contributed by atoms with E-state index in [4.69, 9.17) is 0 Å². The highest BCUT2D eigenvalue weighted by Crippen LogP contribution is 2.36. The smallest absolute Gasteiger partial charge is 0.241 e. The van der Waals surface area contributed by atoms with Gasteiger partial charge in [0.25, 0.3) is 0 Å². The van der Waals surface area contributed by atoms with Crippen molar-refractivity contribution in [1.29, 1.82) is 0 Å². The van der Waals surface area contributed by atoms with Crippen molar-refractivity contribution in [3.05, 3.63) is 11.6 Å². The molecule has 114 valence electrons. The highest BCUT2D eigenvalue weighted by molar-refractivity contribution is 5.97. The normalized spacial score (nSPS) is 25.4. The van der Waals surface area contributed by atoms with E-state index in [-0.39, 0.29) is 12.0 Å². The monoisotopic (exact) mass is 284 g/mol. The van der Waals surface area contributed by atoms with Crippen LogP contribution >= 0.6 is 0 Å². The van der Waals surface area contributed by atoms with E-state index >= 15 is 0 Å².